The van der Waals surface area contributed by atoms with Gasteiger partial charge < -0.3 is 4.74 Å². The summed E-state index contributed by atoms with van der Waals surface area (Å²) in [5, 5.41) is 0. The van der Waals surface area contributed by atoms with E-state index >= 15 is 0 Å². The molecule has 1 unspecified atom stereocenters. The van der Waals surface area contributed by atoms with Gasteiger partial charge in [0.15, 0.2) is 0 Å². The summed E-state index contributed by atoms with van der Waals surface area (Å²) in [6.07, 6.45) is 1.15. The van der Waals surface area contributed by atoms with Gasteiger partial charge in [-0.1, -0.05) is 13.8 Å². The zero-order valence-corrected chi connectivity index (χ0v) is 8.42. The molecule has 0 heterocycles. The van der Waals surface area contributed by atoms with Crippen LogP contribution in [0.15, 0.2) is 0 Å². The lowest BCUT2D eigenvalue weighted by molar-refractivity contribution is -0.152. The largest absolute Gasteiger partial charge is 0.466 e. The SMILES string of the molecule is CCOC(=O)C1CCC(=O)C1(C)C. The van der Waals surface area contributed by atoms with Crippen LogP contribution in [-0.2, 0) is 14.3 Å². The Balaban J connectivity index is 2.72. The van der Waals surface area contributed by atoms with Gasteiger partial charge in [0.2, 0.25) is 0 Å². The molecule has 0 radical (unpaired) electrons. The number of carbonyl (C=O) groups is 2. The highest BCUT2D eigenvalue weighted by molar-refractivity contribution is 5.92. The van der Waals surface area contributed by atoms with Gasteiger partial charge >= 0.3 is 5.97 Å². The maximum atomic E-state index is 11.4. The van der Waals surface area contributed by atoms with Gasteiger partial charge in [0, 0.05) is 11.8 Å². The van der Waals surface area contributed by atoms with E-state index in [2.05, 4.69) is 0 Å². The van der Waals surface area contributed by atoms with Gasteiger partial charge in [0.25, 0.3) is 0 Å². The maximum Gasteiger partial charge on any atom is 0.309 e. The van der Waals surface area contributed by atoms with Crippen molar-refractivity contribution in [2.24, 2.45) is 11.3 Å². The van der Waals surface area contributed by atoms with Crippen LogP contribution >= 0.6 is 0 Å². The molecule has 3 heteroatoms. The molecular weight excluding hydrogens is 168 g/mol. The first-order valence-electron chi connectivity index (χ1n) is 4.70. The molecule has 13 heavy (non-hydrogen) atoms. The van der Waals surface area contributed by atoms with Crippen LogP contribution in [0.25, 0.3) is 0 Å². The minimum atomic E-state index is -0.522. The fourth-order valence-corrected chi connectivity index (χ4v) is 1.81. The summed E-state index contributed by atoms with van der Waals surface area (Å²) < 4.78 is 4.92. The number of carbonyl (C=O) groups excluding carboxylic acids is 2. The number of rotatable bonds is 2. The highest BCUT2D eigenvalue weighted by atomic mass is 16.5. The Hall–Kier alpha value is -0.860. The Bertz CT molecular complexity index is 230. The second-order valence-corrected chi connectivity index (χ2v) is 3.99. The maximum absolute atomic E-state index is 11.4. The second-order valence-electron chi connectivity index (χ2n) is 3.99. The van der Waals surface area contributed by atoms with Gasteiger partial charge in [-0.25, -0.2) is 0 Å². The summed E-state index contributed by atoms with van der Waals surface area (Å²) in [5.74, 6) is -0.288. The summed E-state index contributed by atoms with van der Waals surface area (Å²) in [6.45, 7) is 5.81. The normalized spacial score (nSPS) is 26.1. The Kier molecular flexibility index (Phi) is 2.74. The topological polar surface area (TPSA) is 43.4 Å². The zero-order chi connectivity index (χ0) is 10.1. The smallest absolute Gasteiger partial charge is 0.309 e. The molecule has 3 nitrogen and oxygen atoms in total. The van der Waals surface area contributed by atoms with E-state index in [1.807, 2.05) is 13.8 Å². The van der Waals surface area contributed by atoms with E-state index in [9.17, 15) is 9.59 Å². The number of ketones is 1. The molecule has 0 amide bonds. The van der Waals surface area contributed by atoms with Gasteiger partial charge in [0.05, 0.1) is 12.5 Å². The van der Waals surface area contributed by atoms with Crippen LogP contribution in [0.2, 0.25) is 0 Å². The first-order valence-corrected chi connectivity index (χ1v) is 4.70. The van der Waals surface area contributed by atoms with Crippen molar-refractivity contribution in [2.45, 2.75) is 33.6 Å². The Morgan fingerprint density at radius 3 is 2.62 bits per heavy atom. The highest BCUT2D eigenvalue weighted by Crippen LogP contribution is 2.40. The number of ether oxygens (including phenoxy) is 1. The van der Waals surface area contributed by atoms with Crippen molar-refractivity contribution in [3.8, 4) is 0 Å². The highest BCUT2D eigenvalue weighted by Gasteiger charge is 2.46. The number of Topliss-reactive ketones (excluding diaryl/α,β-unsaturated/α-hetero) is 1. The van der Waals surface area contributed by atoms with Crippen LogP contribution in [0.3, 0.4) is 0 Å². The van der Waals surface area contributed by atoms with Gasteiger partial charge in [-0.05, 0) is 13.3 Å². The molecule has 0 aromatic carbocycles. The van der Waals surface area contributed by atoms with E-state index in [1.54, 1.807) is 6.92 Å². The molecule has 1 saturated carbocycles. The molecule has 1 fully saturated rings. The third-order valence-corrected chi connectivity index (χ3v) is 2.82. The fourth-order valence-electron chi connectivity index (χ4n) is 1.81. The van der Waals surface area contributed by atoms with E-state index in [1.165, 1.54) is 0 Å². The quantitative estimate of drug-likeness (QED) is 0.611. The minimum absolute atomic E-state index is 0.172. The van der Waals surface area contributed by atoms with Crippen LogP contribution in [0.4, 0.5) is 0 Å². The number of hydrogen-bond acceptors (Lipinski definition) is 3. The Morgan fingerprint density at radius 2 is 2.23 bits per heavy atom. The summed E-state index contributed by atoms with van der Waals surface area (Å²) in [4.78, 5) is 22.8. The van der Waals surface area contributed by atoms with Crippen molar-refractivity contribution in [1.82, 2.24) is 0 Å². The standard InChI is InChI=1S/C10H16O3/c1-4-13-9(12)7-5-6-8(11)10(7,2)3/h7H,4-6H2,1-3H3. The van der Waals surface area contributed by atoms with Crippen molar-refractivity contribution in [1.29, 1.82) is 0 Å². The zero-order valence-electron chi connectivity index (χ0n) is 8.42. The predicted octanol–water partition coefficient (Wildman–Crippen LogP) is 1.55. The molecule has 0 aromatic heterocycles. The third kappa shape index (κ3) is 1.74. The summed E-state index contributed by atoms with van der Waals surface area (Å²) in [5.41, 5.74) is -0.522. The molecule has 1 aliphatic carbocycles. The van der Waals surface area contributed by atoms with Crippen molar-refractivity contribution < 1.29 is 14.3 Å². The molecule has 1 rings (SSSR count). The second kappa shape index (κ2) is 3.48. The lowest BCUT2D eigenvalue weighted by Crippen LogP contribution is -2.31. The van der Waals surface area contributed by atoms with Crippen molar-refractivity contribution in [3.63, 3.8) is 0 Å². The first kappa shape index (κ1) is 10.2. The van der Waals surface area contributed by atoms with Crippen LogP contribution in [0.5, 0.6) is 0 Å². The monoisotopic (exact) mass is 184 g/mol. The summed E-state index contributed by atoms with van der Waals surface area (Å²) in [6, 6.07) is 0. The first-order chi connectivity index (χ1) is 6.00. The predicted molar refractivity (Wildman–Crippen MR) is 48.1 cm³/mol. The summed E-state index contributed by atoms with van der Waals surface area (Å²) in [7, 11) is 0. The molecule has 0 bridgehead atoms. The molecule has 0 saturated heterocycles. The molecule has 0 aromatic rings. The lowest BCUT2D eigenvalue weighted by atomic mass is 9.81. The Labute approximate surface area is 78.5 Å². The number of esters is 1. The van der Waals surface area contributed by atoms with Crippen LogP contribution < -0.4 is 0 Å². The van der Waals surface area contributed by atoms with Crippen molar-refractivity contribution in [2.75, 3.05) is 6.61 Å². The molecule has 74 valence electrons. The van der Waals surface area contributed by atoms with E-state index in [-0.39, 0.29) is 17.7 Å². The minimum Gasteiger partial charge on any atom is -0.466 e. The fraction of sp³-hybridized carbons (Fsp3) is 0.800. The Morgan fingerprint density at radius 1 is 1.62 bits per heavy atom. The molecule has 0 N–H and O–H groups in total. The third-order valence-electron chi connectivity index (χ3n) is 2.82. The van der Waals surface area contributed by atoms with Gasteiger partial charge in [0.1, 0.15) is 5.78 Å². The molecule has 0 spiro atoms. The van der Waals surface area contributed by atoms with E-state index in [4.69, 9.17) is 4.74 Å². The van der Waals surface area contributed by atoms with Crippen molar-refractivity contribution >= 4 is 11.8 Å². The van der Waals surface area contributed by atoms with Gasteiger partial charge in [-0.3, -0.25) is 9.59 Å². The van der Waals surface area contributed by atoms with E-state index in [0.717, 1.165) is 0 Å². The van der Waals surface area contributed by atoms with Crippen LogP contribution in [0, 0.1) is 11.3 Å². The average molecular weight is 184 g/mol. The average Bonchev–Trinajstić information content (AvgIpc) is 2.28. The van der Waals surface area contributed by atoms with Crippen LogP contribution in [0.1, 0.15) is 33.6 Å². The molecule has 1 aliphatic rings. The summed E-state index contributed by atoms with van der Waals surface area (Å²) >= 11 is 0. The van der Waals surface area contributed by atoms with Gasteiger partial charge in [-0.15, -0.1) is 0 Å². The van der Waals surface area contributed by atoms with Gasteiger partial charge in [-0.2, -0.15) is 0 Å². The van der Waals surface area contributed by atoms with Crippen LogP contribution in [-0.4, -0.2) is 18.4 Å². The molecule has 1 atom stereocenters. The molecule has 0 aliphatic heterocycles. The lowest BCUT2D eigenvalue weighted by Gasteiger charge is -2.23. The van der Waals surface area contributed by atoms with Crippen molar-refractivity contribution in [3.05, 3.63) is 0 Å². The van der Waals surface area contributed by atoms with E-state index < -0.39 is 5.41 Å². The van der Waals surface area contributed by atoms with E-state index in [0.29, 0.717) is 19.4 Å². The number of hydrogen-bond donors (Lipinski definition) is 0. The molecular formula is C10H16O3.